The molecule has 66 valence electrons. The van der Waals surface area contributed by atoms with Gasteiger partial charge in [0, 0.05) is 7.05 Å². The molecule has 0 aliphatic carbocycles. The highest BCUT2D eigenvalue weighted by Crippen LogP contribution is 2.09. The van der Waals surface area contributed by atoms with Crippen molar-refractivity contribution in [3.05, 3.63) is 36.7 Å². The summed E-state index contributed by atoms with van der Waals surface area (Å²) in [5.41, 5.74) is 0.986. The lowest BCUT2D eigenvalue weighted by atomic mass is 10.1. The van der Waals surface area contributed by atoms with Crippen LogP contribution >= 0.6 is 0 Å². The molecule has 0 saturated heterocycles. The van der Waals surface area contributed by atoms with Crippen molar-refractivity contribution in [2.45, 2.75) is 13.3 Å². The zero-order valence-electron chi connectivity index (χ0n) is 7.60. The molecule has 0 spiro atoms. The third-order valence-corrected chi connectivity index (χ3v) is 1.40. The van der Waals surface area contributed by atoms with E-state index in [0.717, 1.165) is 6.42 Å². The average molecular weight is 167 g/mol. The van der Waals surface area contributed by atoms with E-state index in [0.29, 0.717) is 5.57 Å². The number of aliphatic imine (C=N–C) groups is 1. The third kappa shape index (κ3) is 2.82. The molecule has 0 rings (SSSR count). The number of halogens is 1. The fourth-order valence-electron chi connectivity index (χ4n) is 0.904. The molecule has 0 aromatic carbocycles. The maximum Gasteiger partial charge on any atom is 0.141 e. The minimum atomic E-state index is -0.517. The van der Waals surface area contributed by atoms with Crippen LogP contribution in [-0.2, 0) is 0 Å². The van der Waals surface area contributed by atoms with Gasteiger partial charge in [0.15, 0.2) is 0 Å². The van der Waals surface area contributed by atoms with Crippen LogP contribution in [0.5, 0.6) is 0 Å². The van der Waals surface area contributed by atoms with Crippen molar-refractivity contribution in [2.75, 3.05) is 7.05 Å². The second-order valence-corrected chi connectivity index (χ2v) is 2.25. The Hall–Kier alpha value is -1.18. The molecule has 0 bridgehead atoms. The summed E-state index contributed by atoms with van der Waals surface area (Å²) in [5, 5.41) is 0. The van der Waals surface area contributed by atoms with E-state index in [-0.39, 0.29) is 5.71 Å². The summed E-state index contributed by atoms with van der Waals surface area (Å²) < 4.78 is 12.7. The zero-order valence-corrected chi connectivity index (χ0v) is 7.60. The number of hydrogen-bond acceptors (Lipinski definition) is 1. The first-order chi connectivity index (χ1) is 5.67. The van der Waals surface area contributed by atoms with Crippen LogP contribution < -0.4 is 0 Å². The van der Waals surface area contributed by atoms with Gasteiger partial charge in [0.25, 0.3) is 0 Å². The van der Waals surface area contributed by atoms with E-state index >= 15 is 0 Å². The van der Waals surface area contributed by atoms with Gasteiger partial charge in [0.2, 0.25) is 0 Å². The molecule has 0 heterocycles. The van der Waals surface area contributed by atoms with Gasteiger partial charge in [-0.2, -0.15) is 0 Å². The van der Waals surface area contributed by atoms with Gasteiger partial charge in [-0.1, -0.05) is 32.2 Å². The summed E-state index contributed by atoms with van der Waals surface area (Å²) >= 11 is 0. The zero-order chi connectivity index (χ0) is 9.56. The van der Waals surface area contributed by atoms with Crippen molar-refractivity contribution < 1.29 is 4.39 Å². The monoisotopic (exact) mass is 167 g/mol. The van der Waals surface area contributed by atoms with Crippen molar-refractivity contribution in [3.8, 4) is 0 Å². The van der Waals surface area contributed by atoms with Gasteiger partial charge in [-0.05, 0) is 12.0 Å². The molecule has 0 aromatic rings. The molecule has 0 fully saturated rings. The Morgan fingerprint density at radius 3 is 2.42 bits per heavy atom. The molecule has 12 heavy (non-hydrogen) atoms. The molecule has 2 heteroatoms. The summed E-state index contributed by atoms with van der Waals surface area (Å²) in [6, 6.07) is 0. The van der Waals surface area contributed by atoms with Crippen LogP contribution in [0.15, 0.2) is 41.7 Å². The average Bonchev–Trinajstić information content (AvgIpc) is 2.03. The summed E-state index contributed by atoms with van der Waals surface area (Å²) in [7, 11) is 1.53. The van der Waals surface area contributed by atoms with Gasteiger partial charge in [0.05, 0.1) is 5.71 Å². The molecule has 0 unspecified atom stereocenters. The molecule has 0 radical (unpaired) electrons. The molecule has 0 atom stereocenters. The van der Waals surface area contributed by atoms with Crippen LogP contribution in [0, 0.1) is 0 Å². The van der Waals surface area contributed by atoms with Gasteiger partial charge in [-0.3, -0.25) is 4.99 Å². The van der Waals surface area contributed by atoms with Crippen molar-refractivity contribution in [3.63, 3.8) is 0 Å². The van der Waals surface area contributed by atoms with Crippen molar-refractivity contribution in [1.82, 2.24) is 0 Å². The largest absolute Gasteiger partial charge is 0.285 e. The molecule has 0 aromatic heterocycles. The van der Waals surface area contributed by atoms with Crippen LogP contribution in [-0.4, -0.2) is 12.8 Å². The van der Waals surface area contributed by atoms with Crippen LogP contribution in [0.1, 0.15) is 13.3 Å². The number of allylic oxidation sites excluding steroid dienone is 4. The molecule has 0 aliphatic rings. The third-order valence-electron chi connectivity index (χ3n) is 1.40. The minimum absolute atomic E-state index is 0.284. The summed E-state index contributed by atoms with van der Waals surface area (Å²) in [4.78, 5) is 3.78. The lowest BCUT2D eigenvalue weighted by Crippen LogP contribution is -2.00. The quantitative estimate of drug-likeness (QED) is 0.450. The summed E-state index contributed by atoms with van der Waals surface area (Å²) in [5.74, 6) is -0.517. The van der Waals surface area contributed by atoms with Crippen molar-refractivity contribution in [1.29, 1.82) is 0 Å². The fourth-order valence-corrected chi connectivity index (χ4v) is 0.904. The predicted molar refractivity (Wildman–Crippen MR) is 52.2 cm³/mol. The Morgan fingerprint density at radius 2 is 2.17 bits per heavy atom. The van der Waals surface area contributed by atoms with E-state index in [9.17, 15) is 4.39 Å². The number of nitrogens with zero attached hydrogens (tertiary/aromatic N) is 1. The van der Waals surface area contributed by atoms with E-state index in [1.165, 1.54) is 7.05 Å². The van der Waals surface area contributed by atoms with Crippen LogP contribution in [0.4, 0.5) is 4.39 Å². The van der Waals surface area contributed by atoms with E-state index in [1.807, 2.05) is 13.0 Å². The number of rotatable bonds is 4. The van der Waals surface area contributed by atoms with Gasteiger partial charge >= 0.3 is 0 Å². The molecule has 1 nitrogen and oxygen atoms in total. The topological polar surface area (TPSA) is 12.4 Å². The number of hydrogen-bond donors (Lipinski definition) is 0. The van der Waals surface area contributed by atoms with Crippen LogP contribution in [0.25, 0.3) is 0 Å². The molecule has 0 amide bonds. The first-order valence-corrected chi connectivity index (χ1v) is 3.81. The normalized spacial score (nSPS) is 12.9. The minimum Gasteiger partial charge on any atom is -0.285 e. The highest BCUT2D eigenvalue weighted by Gasteiger charge is 2.05. The molecular weight excluding hydrogens is 153 g/mol. The highest BCUT2D eigenvalue weighted by molar-refractivity contribution is 6.12. The smallest absolute Gasteiger partial charge is 0.141 e. The maximum atomic E-state index is 12.7. The van der Waals surface area contributed by atoms with E-state index < -0.39 is 5.83 Å². The standard InChI is InChI=1S/C10H14FN/c1-5-7-9(6-2)10(12-4)8(3)11/h6-7H,2-3,5H2,1,4H3/b9-7-,12-10?. The second-order valence-electron chi connectivity index (χ2n) is 2.25. The molecule has 0 N–H and O–H groups in total. The fraction of sp³-hybridized carbons (Fsp3) is 0.300. The molecule has 0 saturated carbocycles. The maximum absolute atomic E-state index is 12.7. The van der Waals surface area contributed by atoms with E-state index in [2.05, 4.69) is 18.2 Å². The summed E-state index contributed by atoms with van der Waals surface area (Å²) in [6.07, 6.45) is 4.27. The van der Waals surface area contributed by atoms with Crippen molar-refractivity contribution in [2.24, 2.45) is 4.99 Å². The van der Waals surface area contributed by atoms with Crippen LogP contribution in [0.3, 0.4) is 0 Å². The first-order valence-electron chi connectivity index (χ1n) is 3.81. The lowest BCUT2D eigenvalue weighted by Gasteiger charge is -2.02. The van der Waals surface area contributed by atoms with Gasteiger partial charge in [-0.25, -0.2) is 4.39 Å². The molecular formula is C10H14FN. The Balaban J connectivity index is 4.82. The van der Waals surface area contributed by atoms with Gasteiger partial charge in [0.1, 0.15) is 5.83 Å². The Morgan fingerprint density at radius 1 is 1.58 bits per heavy atom. The Kier molecular flexibility index (Phi) is 4.93. The van der Waals surface area contributed by atoms with Gasteiger partial charge in [-0.15, -0.1) is 0 Å². The van der Waals surface area contributed by atoms with E-state index in [1.54, 1.807) is 6.08 Å². The highest BCUT2D eigenvalue weighted by atomic mass is 19.1. The summed E-state index contributed by atoms with van der Waals surface area (Å²) in [6.45, 7) is 8.74. The van der Waals surface area contributed by atoms with Crippen LogP contribution in [0.2, 0.25) is 0 Å². The molecule has 0 aliphatic heterocycles. The van der Waals surface area contributed by atoms with Gasteiger partial charge < -0.3 is 0 Å². The SMILES string of the molecule is C=C/C(=C/CC)C(=NC)C(=C)F. The van der Waals surface area contributed by atoms with Crippen molar-refractivity contribution >= 4 is 5.71 Å². The Labute approximate surface area is 73.0 Å². The predicted octanol–water partition coefficient (Wildman–Crippen LogP) is 3.06. The lowest BCUT2D eigenvalue weighted by molar-refractivity contribution is 0.685. The first kappa shape index (κ1) is 10.8. The van der Waals surface area contributed by atoms with E-state index in [4.69, 9.17) is 0 Å². The second kappa shape index (κ2) is 5.47. The Bertz CT molecular complexity index is 236.